The first-order chi connectivity index (χ1) is 7.31. The number of aliphatic hydroxyl groups excluding tert-OH is 1. The van der Waals surface area contributed by atoms with Crippen molar-refractivity contribution in [3.63, 3.8) is 0 Å². The molecule has 0 spiro atoms. The molecule has 0 aliphatic carbocycles. The fourth-order valence-corrected chi connectivity index (χ4v) is 2.00. The van der Waals surface area contributed by atoms with Gasteiger partial charge in [-0.1, -0.05) is 18.2 Å². The lowest BCUT2D eigenvalue weighted by atomic mass is 9.91. The van der Waals surface area contributed by atoms with Crippen LogP contribution in [0.5, 0.6) is 0 Å². The van der Waals surface area contributed by atoms with E-state index in [1.807, 2.05) is 12.1 Å². The van der Waals surface area contributed by atoms with E-state index in [0.29, 0.717) is 6.61 Å². The molecule has 3 heteroatoms. The van der Waals surface area contributed by atoms with E-state index in [9.17, 15) is 4.39 Å². The van der Waals surface area contributed by atoms with Gasteiger partial charge >= 0.3 is 0 Å². The predicted molar refractivity (Wildman–Crippen MR) is 55.2 cm³/mol. The van der Waals surface area contributed by atoms with Gasteiger partial charge in [-0.15, -0.1) is 0 Å². The molecule has 2 rings (SSSR count). The monoisotopic (exact) mass is 210 g/mol. The molecule has 15 heavy (non-hydrogen) atoms. The Labute approximate surface area is 88.7 Å². The maximum absolute atomic E-state index is 13.4. The van der Waals surface area contributed by atoms with Crippen molar-refractivity contribution in [1.82, 2.24) is 0 Å². The first-order valence-corrected chi connectivity index (χ1v) is 5.28. The molecule has 2 nitrogen and oxygen atoms in total. The van der Waals surface area contributed by atoms with Gasteiger partial charge in [0.25, 0.3) is 0 Å². The molecule has 0 saturated carbocycles. The van der Waals surface area contributed by atoms with Crippen LogP contribution < -0.4 is 0 Å². The summed E-state index contributed by atoms with van der Waals surface area (Å²) in [7, 11) is 0. The first-order valence-electron chi connectivity index (χ1n) is 5.28. The average molecular weight is 210 g/mol. The summed E-state index contributed by atoms with van der Waals surface area (Å²) in [5.41, 5.74) is 0.730. The zero-order chi connectivity index (χ0) is 10.7. The molecule has 0 aromatic heterocycles. The van der Waals surface area contributed by atoms with Crippen molar-refractivity contribution in [2.75, 3.05) is 13.2 Å². The highest BCUT2D eigenvalue weighted by molar-refractivity contribution is 5.22. The van der Waals surface area contributed by atoms with E-state index in [-0.39, 0.29) is 24.4 Å². The van der Waals surface area contributed by atoms with Crippen LogP contribution in [-0.2, 0) is 4.74 Å². The summed E-state index contributed by atoms with van der Waals surface area (Å²) in [6.07, 6.45) is 1.62. The van der Waals surface area contributed by atoms with Crippen LogP contribution in [-0.4, -0.2) is 24.4 Å². The summed E-state index contributed by atoms with van der Waals surface area (Å²) in [6.45, 7) is 0.566. The minimum Gasteiger partial charge on any atom is -0.394 e. The molecule has 1 heterocycles. The molecule has 0 radical (unpaired) electrons. The Bertz CT molecular complexity index is 319. The third-order valence-electron chi connectivity index (χ3n) is 2.92. The fourth-order valence-electron chi connectivity index (χ4n) is 2.00. The maximum Gasteiger partial charge on any atom is 0.126 e. The molecule has 1 aromatic rings. The largest absolute Gasteiger partial charge is 0.394 e. The Kier molecular flexibility index (Phi) is 3.34. The van der Waals surface area contributed by atoms with Crippen LogP contribution in [0, 0.1) is 5.82 Å². The predicted octanol–water partition coefficient (Wildman–Crippen LogP) is 2.08. The van der Waals surface area contributed by atoms with Gasteiger partial charge in [-0.05, 0) is 24.5 Å². The molecule has 1 aliphatic rings. The van der Waals surface area contributed by atoms with Crippen LogP contribution in [0.1, 0.15) is 24.3 Å². The molecule has 2 atom stereocenters. The summed E-state index contributed by atoms with van der Waals surface area (Å²) in [5, 5.41) is 8.90. The van der Waals surface area contributed by atoms with Crippen LogP contribution in [0.4, 0.5) is 4.39 Å². The Balaban J connectivity index is 2.04. The Morgan fingerprint density at radius 2 is 2.13 bits per heavy atom. The van der Waals surface area contributed by atoms with Crippen molar-refractivity contribution in [2.45, 2.75) is 24.9 Å². The highest BCUT2D eigenvalue weighted by Crippen LogP contribution is 2.29. The quantitative estimate of drug-likeness (QED) is 0.809. The molecule has 0 amide bonds. The van der Waals surface area contributed by atoms with Crippen molar-refractivity contribution >= 4 is 0 Å². The number of hydrogen-bond acceptors (Lipinski definition) is 2. The van der Waals surface area contributed by atoms with E-state index in [0.717, 1.165) is 18.4 Å². The van der Waals surface area contributed by atoms with Crippen LogP contribution in [0.25, 0.3) is 0 Å². The van der Waals surface area contributed by atoms with E-state index in [4.69, 9.17) is 9.84 Å². The number of benzene rings is 1. The standard InChI is InChI=1S/C12H15FO2/c13-12-4-2-1-3-11(12)9-5-6-10(7-14)15-8-9/h1-4,9-10,14H,5-8H2/t9-,10-/m0/s1. The van der Waals surface area contributed by atoms with E-state index in [1.54, 1.807) is 6.07 Å². The van der Waals surface area contributed by atoms with Crippen LogP contribution in [0.3, 0.4) is 0 Å². The lowest BCUT2D eigenvalue weighted by Gasteiger charge is -2.28. The number of aliphatic hydroxyl groups is 1. The van der Waals surface area contributed by atoms with Crippen LogP contribution in [0.2, 0.25) is 0 Å². The normalized spacial score (nSPS) is 26.5. The van der Waals surface area contributed by atoms with Crippen molar-refractivity contribution in [1.29, 1.82) is 0 Å². The lowest BCUT2D eigenvalue weighted by molar-refractivity contribution is -0.0274. The second kappa shape index (κ2) is 4.73. The third kappa shape index (κ3) is 2.36. The van der Waals surface area contributed by atoms with Gasteiger partial charge in [0.1, 0.15) is 5.82 Å². The molecular formula is C12H15FO2. The molecule has 0 unspecified atom stereocenters. The molecule has 1 saturated heterocycles. The van der Waals surface area contributed by atoms with Gasteiger partial charge in [0.2, 0.25) is 0 Å². The zero-order valence-electron chi connectivity index (χ0n) is 8.53. The smallest absolute Gasteiger partial charge is 0.126 e. The number of rotatable bonds is 2. The zero-order valence-corrected chi connectivity index (χ0v) is 8.53. The van der Waals surface area contributed by atoms with E-state index >= 15 is 0 Å². The number of ether oxygens (including phenoxy) is 1. The Hall–Kier alpha value is -0.930. The second-order valence-electron chi connectivity index (χ2n) is 3.93. The summed E-state index contributed by atoms with van der Waals surface area (Å²) in [4.78, 5) is 0. The molecule has 82 valence electrons. The van der Waals surface area contributed by atoms with E-state index < -0.39 is 0 Å². The van der Waals surface area contributed by atoms with Crippen molar-refractivity contribution in [2.24, 2.45) is 0 Å². The molecule has 1 N–H and O–H groups in total. The SMILES string of the molecule is OC[C@@H]1CC[C@H](c2ccccc2F)CO1. The van der Waals surface area contributed by atoms with Gasteiger partial charge < -0.3 is 9.84 Å². The van der Waals surface area contributed by atoms with E-state index in [1.165, 1.54) is 6.07 Å². The highest BCUT2D eigenvalue weighted by Gasteiger charge is 2.23. The summed E-state index contributed by atoms with van der Waals surface area (Å²) >= 11 is 0. The molecule has 1 aromatic carbocycles. The van der Waals surface area contributed by atoms with Gasteiger partial charge in [0, 0.05) is 5.92 Å². The van der Waals surface area contributed by atoms with Crippen molar-refractivity contribution < 1.29 is 14.2 Å². The van der Waals surface area contributed by atoms with Crippen LogP contribution in [0.15, 0.2) is 24.3 Å². The summed E-state index contributed by atoms with van der Waals surface area (Å²) in [5.74, 6) is -0.0254. The van der Waals surface area contributed by atoms with Gasteiger partial charge in [0.05, 0.1) is 19.3 Å². The minimum atomic E-state index is -0.159. The minimum absolute atomic E-state index is 0.0595. The molecule has 0 bridgehead atoms. The maximum atomic E-state index is 13.4. The first kappa shape index (κ1) is 10.6. The number of halogens is 1. The molecular weight excluding hydrogens is 195 g/mol. The Morgan fingerprint density at radius 1 is 1.33 bits per heavy atom. The fraction of sp³-hybridized carbons (Fsp3) is 0.500. The van der Waals surface area contributed by atoms with Gasteiger partial charge in [0.15, 0.2) is 0 Å². The van der Waals surface area contributed by atoms with Gasteiger partial charge in [-0.3, -0.25) is 0 Å². The van der Waals surface area contributed by atoms with E-state index in [2.05, 4.69) is 0 Å². The topological polar surface area (TPSA) is 29.5 Å². The van der Waals surface area contributed by atoms with Crippen LogP contribution >= 0.6 is 0 Å². The average Bonchev–Trinajstić information content (AvgIpc) is 2.30. The highest BCUT2D eigenvalue weighted by atomic mass is 19.1. The van der Waals surface area contributed by atoms with Crippen molar-refractivity contribution in [3.8, 4) is 0 Å². The third-order valence-corrected chi connectivity index (χ3v) is 2.92. The van der Waals surface area contributed by atoms with Gasteiger partial charge in [-0.2, -0.15) is 0 Å². The summed E-state index contributed by atoms with van der Waals surface area (Å²) in [6, 6.07) is 6.83. The second-order valence-corrected chi connectivity index (χ2v) is 3.93. The van der Waals surface area contributed by atoms with Crippen molar-refractivity contribution in [3.05, 3.63) is 35.6 Å². The molecule has 1 fully saturated rings. The number of hydrogen-bond donors (Lipinski definition) is 1. The Morgan fingerprint density at radius 3 is 2.73 bits per heavy atom. The van der Waals surface area contributed by atoms with Gasteiger partial charge in [-0.25, -0.2) is 4.39 Å². The summed E-state index contributed by atoms with van der Waals surface area (Å²) < 4.78 is 18.9. The molecule has 1 aliphatic heterocycles. The lowest BCUT2D eigenvalue weighted by Crippen LogP contribution is -2.27.